The lowest BCUT2D eigenvalue weighted by Crippen LogP contribution is -2.34. The van der Waals surface area contributed by atoms with Crippen LogP contribution in [-0.4, -0.2) is 14.7 Å². The number of hydrogen-bond donors (Lipinski definition) is 1. The van der Waals surface area contributed by atoms with E-state index in [2.05, 4.69) is 11.1 Å². The van der Waals surface area contributed by atoms with Crippen LogP contribution in [0, 0.1) is 6.92 Å². The highest BCUT2D eigenvalue weighted by Crippen LogP contribution is 2.36. The van der Waals surface area contributed by atoms with Gasteiger partial charge in [0.15, 0.2) is 0 Å². The van der Waals surface area contributed by atoms with Gasteiger partial charge in [0.05, 0.1) is 22.9 Å². The number of hydrogen-bond acceptors (Lipinski definition) is 2. The second-order valence-electron chi connectivity index (χ2n) is 7.68. The second kappa shape index (κ2) is 9.05. The Bertz CT molecular complexity index is 1190. The summed E-state index contributed by atoms with van der Waals surface area (Å²) in [6.07, 6.45) is 5.62. The minimum atomic E-state index is -1.19. The minimum Gasteiger partial charge on any atom is -0.383 e. The number of aliphatic hydroxyl groups is 1. The fourth-order valence-electron chi connectivity index (χ4n) is 3.99. The van der Waals surface area contributed by atoms with Crippen LogP contribution in [-0.2, 0) is 18.6 Å². The lowest BCUT2D eigenvalue weighted by atomic mass is 9.82. The van der Waals surface area contributed by atoms with Crippen LogP contribution in [0.4, 0.5) is 0 Å². The standard InChI is InChI=1S/C25H21Cl3N2O/c1-17-21(19-6-8-20(26)9-7-19)3-2-4-22(17)25(31,15-30-12-11-29-16-30)14-18-5-10-23(27)24(28)13-18/h2-13,16,31H,14-15H2,1H3. The number of imidazole rings is 1. The van der Waals surface area contributed by atoms with Crippen molar-refractivity contribution in [3.05, 3.63) is 111 Å². The van der Waals surface area contributed by atoms with E-state index in [9.17, 15) is 5.11 Å². The van der Waals surface area contributed by atoms with Gasteiger partial charge >= 0.3 is 0 Å². The zero-order chi connectivity index (χ0) is 22.0. The van der Waals surface area contributed by atoms with Gasteiger partial charge in [0, 0.05) is 23.8 Å². The number of nitrogens with zero attached hydrogens (tertiary/aromatic N) is 2. The molecule has 0 fully saturated rings. The maximum absolute atomic E-state index is 12.0. The second-order valence-corrected chi connectivity index (χ2v) is 8.93. The zero-order valence-corrected chi connectivity index (χ0v) is 19.2. The summed E-state index contributed by atoms with van der Waals surface area (Å²) in [4.78, 5) is 4.13. The molecule has 1 unspecified atom stereocenters. The third-order valence-corrected chi connectivity index (χ3v) is 6.47. The molecule has 0 aliphatic carbocycles. The van der Waals surface area contributed by atoms with E-state index in [0.29, 0.717) is 28.0 Å². The predicted octanol–water partition coefficient (Wildman–Crippen LogP) is 6.95. The molecule has 158 valence electrons. The largest absolute Gasteiger partial charge is 0.383 e. The molecule has 0 saturated heterocycles. The van der Waals surface area contributed by atoms with Crippen LogP contribution in [0.1, 0.15) is 16.7 Å². The normalized spacial score (nSPS) is 13.2. The van der Waals surface area contributed by atoms with Crippen LogP contribution in [0.15, 0.2) is 79.4 Å². The van der Waals surface area contributed by atoms with Crippen molar-refractivity contribution in [2.45, 2.75) is 25.5 Å². The summed E-state index contributed by atoms with van der Waals surface area (Å²) in [5.41, 5.74) is 3.65. The summed E-state index contributed by atoms with van der Waals surface area (Å²) >= 11 is 18.4. The fourth-order valence-corrected chi connectivity index (χ4v) is 4.43. The molecular weight excluding hydrogens is 451 g/mol. The summed E-state index contributed by atoms with van der Waals surface area (Å²) in [6.45, 7) is 2.38. The molecular formula is C25H21Cl3N2O. The van der Waals surface area contributed by atoms with E-state index in [0.717, 1.165) is 27.8 Å². The summed E-state index contributed by atoms with van der Waals surface area (Å²) in [5.74, 6) is 0. The van der Waals surface area contributed by atoms with Crippen molar-refractivity contribution in [3.63, 3.8) is 0 Å². The molecule has 0 aliphatic heterocycles. The first-order chi connectivity index (χ1) is 14.9. The highest BCUT2D eigenvalue weighted by molar-refractivity contribution is 6.42. The molecule has 0 aliphatic rings. The van der Waals surface area contributed by atoms with Gasteiger partial charge < -0.3 is 9.67 Å². The Balaban J connectivity index is 1.80. The Labute approximate surface area is 196 Å². The average molecular weight is 472 g/mol. The van der Waals surface area contributed by atoms with Crippen LogP contribution < -0.4 is 0 Å². The van der Waals surface area contributed by atoms with Crippen LogP contribution in [0.5, 0.6) is 0 Å². The van der Waals surface area contributed by atoms with E-state index in [4.69, 9.17) is 34.8 Å². The minimum absolute atomic E-state index is 0.345. The van der Waals surface area contributed by atoms with Crippen molar-refractivity contribution < 1.29 is 5.11 Å². The predicted molar refractivity (Wildman–Crippen MR) is 128 cm³/mol. The van der Waals surface area contributed by atoms with Crippen LogP contribution in [0.3, 0.4) is 0 Å². The van der Waals surface area contributed by atoms with Crippen molar-refractivity contribution in [3.8, 4) is 11.1 Å². The van der Waals surface area contributed by atoms with Gasteiger partial charge in [-0.25, -0.2) is 4.98 Å². The Morgan fingerprint density at radius 3 is 2.42 bits per heavy atom. The number of halogens is 3. The van der Waals surface area contributed by atoms with Gasteiger partial charge in [-0.3, -0.25) is 0 Å². The maximum atomic E-state index is 12.0. The van der Waals surface area contributed by atoms with Crippen molar-refractivity contribution in [1.29, 1.82) is 0 Å². The fraction of sp³-hybridized carbons (Fsp3) is 0.160. The van der Waals surface area contributed by atoms with Crippen molar-refractivity contribution >= 4 is 34.8 Å². The first-order valence-electron chi connectivity index (χ1n) is 9.84. The molecule has 3 aromatic carbocycles. The molecule has 0 saturated carbocycles. The lowest BCUT2D eigenvalue weighted by Gasteiger charge is -2.32. The molecule has 1 N–H and O–H groups in total. The van der Waals surface area contributed by atoms with Gasteiger partial charge in [-0.2, -0.15) is 0 Å². The topological polar surface area (TPSA) is 38.0 Å². The Hall–Kier alpha value is -2.30. The molecule has 31 heavy (non-hydrogen) atoms. The maximum Gasteiger partial charge on any atom is 0.112 e. The molecule has 0 bridgehead atoms. The molecule has 1 heterocycles. The molecule has 0 amide bonds. The van der Waals surface area contributed by atoms with E-state index in [-0.39, 0.29) is 0 Å². The summed E-state index contributed by atoms with van der Waals surface area (Å²) < 4.78 is 1.88. The zero-order valence-electron chi connectivity index (χ0n) is 16.9. The molecule has 4 rings (SSSR count). The molecule has 6 heteroatoms. The smallest absolute Gasteiger partial charge is 0.112 e. The number of aromatic nitrogens is 2. The van der Waals surface area contributed by atoms with Crippen molar-refractivity contribution in [2.75, 3.05) is 0 Å². The summed E-state index contributed by atoms with van der Waals surface area (Å²) in [5, 5.41) is 13.7. The Morgan fingerprint density at radius 1 is 0.968 bits per heavy atom. The Kier molecular flexibility index (Phi) is 6.40. The van der Waals surface area contributed by atoms with Crippen LogP contribution in [0.2, 0.25) is 15.1 Å². The molecule has 1 aromatic heterocycles. The number of benzene rings is 3. The van der Waals surface area contributed by atoms with E-state index in [1.165, 1.54) is 0 Å². The van der Waals surface area contributed by atoms with Gasteiger partial charge in [0.1, 0.15) is 5.60 Å². The van der Waals surface area contributed by atoms with Crippen molar-refractivity contribution in [2.24, 2.45) is 0 Å². The van der Waals surface area contributed by atoms with Gasteiger partial charge in [0.25, 0.3) is 0 Å². The molecule has 0 spiro atoms. The lowest BCUT2D eigenvalue weighted by molar-refractivity contribution is 0.0180. The average Bonchev–Trinajstić information content (AvgIpc) is 3.24. The molecule has 3 nitrogen and oxygen atoms in total. The Morgan fingerprint density at radius 2 is 1.74 bits per heavy atom. The van der Waals surface area contributed by atoms with E-state index < -0.39 is 5.60 Å². The quantitative estimate of drug-likeness (QED) is 0.330. The van der Waals surface area contributed by atoms with Gasteiger partial charge in [-0.15, -0.1) is 0 Å². The van der Waals surface area contributed by atoms with Gasteiger partial charge in [-0.05, 0) is 59.0 Å². The van der Waals surface area contributed by atoms with Gasteiger partial charge in [-0.1, -0.05) is 71.2 Å². The molecule has 4 aromatic rings. The molecule has 0 radical (unpaired) electrons. The van der Waals surface area contributed by atoms with Gasteiger partial charge in [0.2, 0.25) is 0 Å². The highest BCUT2D eigenvalue weighted by Gasteiger charge is 2.32. The summed E-state index contributed by atoms with van der Waals surface area (Å²) in [7, 11) is 0. The third kappa shape index (κ3) is 4.81. The SMILES string of the molecule is Cc1c(-c2ccc(Cl)cc2)cccc1C(O)(Cc1ccc(Cl)c(Cl)c1)Cn1ccnc1. The molecule has 1 atom stereocenters. The monoisotopic (exact) mass is 470 g/mol. The first kappa shape index (κ1) is 21.9. The van der Waals surface area contributed by atoms with Crippen molar-refractivity contribution in [1.82, 2.24) is 9.55 Å². The van der Waals surface area contributed by atoms with E-state index >= 15 is 0 Å². The third-order valence-electron chi connectivity index (χ3n) is 5.47. The van der Waals surface area contributed by atoms with Crippen LogP contribution >= 0.6 is 34.8 Å². The first-order valence-corrected chi connectivity index (χ1v) is 11.0. The van der Waals surface area contributed by atoms with Crippen LogP contribution in [0.25, 0.3) is 11.1 Å². The number of rotatable bonds is 6. The van der Waals surface area contributed by atoms with E-state index in [1.54, 1.807) is 24.7 Å². The highest BCUT2D eigenvalue weighted by atomic mass is 35.5. The summed E-state index contributed by atoms with van der Waals surface area (Å²) in [6, 6.07) is 19.2. The van der Waals surface area contributed by atoms with E-state index in [1.807, 2.05) is 60.2 Å².